The van der Waals surface area contributed by atoms with Crippen molar-refractivity contribution in [3.8, 4) is 11.4 Å². The number of H-pyrrole nitrogens is 1. The van der Waals surface area contributed by atoms with Crippen LogP contribution in [-0.4, -0.2) is 21.1 Å². The van der Waals surface area contributed by atoms with Crippen molar-refractivity contribution >= 4 is 27.5 Å². The summed E-state index contributed by atoms with van der Waals surface area (Å²) in [5.41, 5.74) is 1.73. The summed E-state index contributed by atoms with van der Waals surface area (Å²) >= 11 is 3.28. The number of carbonyl (C=O) groups excluding carboxylic acids is 1. The molecule has 0 radical (unpaired) electrons. The van der Waals surface area contributed by atoms with Crippen molar-refractivity contribution in [3.05, 3.63) is 64.1 Å². The first-order valence-corrected chi connectivity index (χ1v) is 8.04. The van der Waals surface area contributed by atoms with E-state index in [4.69, 9.17) is 0 Å². The molecule has 0 bridgehead atoms. The Morgan fingerprint density at radius 1 is 1.29 bits per heavy atom. The lowest BCUT2D eigenvalue weighted by molar-refractivity contribution is -0.115. The van der Waals surface area contributed by atoms with Crippen LogP contribution in [0.4, 0.5) is 10.1 Å². The van der Waals surface area contributed by atoms with Crippen LogP contribution in [0.25, 0.3) is 11.4 Å². The highest BCUT2D eigenvalue weighted by Gasteiger charge is 2.10. The fraction of sp³-hybridized carbons (Fsp3) is 0.118. The van der Waals surface area contributed by atoms with Gasteiger partial charge in [0.2, 0.25) is 5.91 Å². The minimum absolute atomic E-state index is 0.0464. The van der Waals surface area contributed by atoms with Crippen LogP contribution in [0.3, 0.4) is 0 Å². The van der Waals surface area contributed by atoms with E-state index in [-0.39, 0.29) is 12.3 Å². The normalized spacial score (nSPS) is 10.6. The van der Waals surface area contributed by atoms with E-state index in [2.05, 4.69) is 36.4 Å². The molecule has 1 amide bonds. The third-order valence-corrected chi connectivity index (χ3v) is 3.85. The molecule has 5 nitrogen and oxygen atoms in total. The second-order valence-electron chi connectivity index (χ2n) is 5.29. The molecule has 0 aliphatic rings. The molecule has 0 atom stereocenters. The van der Waals surface area contributed by atoms with Gasteiger partial charge in [0.05, 0.1) is 6.42 Å². The van der Waals surface area contributed by atoms with Gasteiger partial charge in [-0.1, -0.05) is 28.1 Å². The number of carbonyl (C=O) groups is 1. The first-order chi connectivity index (χ1) is 11.5. The Hall–Kier alpha value is -2.54. The third-order valence-electron chi connectivity index (χ3n) is 3.36. The van der Waals surface area contributed by atoms with E-state index in [9.17, 15) is 9.18 Å². The summed E-state index contributed by atoms with van der Waals surface area (Å²) in [6, 6.07) is 11.7. The highest BCUT2D eigenvalue weighted by atomic mass is 79.9. The Bertz CT molecular complexity index is 894. The quantitative estimate of drug-likeness (QED) is 0.712. The summed E-state index contributed by atoms with van der Waals surface area (Å²) in [5, 5.41) is 9.64. The Labute approximate surface area is 146 Å². The Kier molecular flexibility index (Phi) is 4.71. The molecular weight excluding hydrogens is 375 g/mol. The zero-order valence-electron chi connectivity index (χ0n) is 12.8. The molecule has 0 spiro atoms. The average molecular weight is 389 g/mol. The molecule has 122 valence electrons. The van der Waals surface area contributed by atoms with Gasteiger partial charge in [0, 0.05) is 15.7 Å². The zero-order chi connectivity index (χ0) is 17.1. The number of hydrogen-bond donors (Lipinski definition) is 2. The van der Waals surface area contributed by atoms with Crippen molar-refractivity contribution in [2.45, 2.75) is 13.3 Å². The fourth-order valence-corrected chi connectivity index (χ4v) is 2.67. The Morgan fingerprint density at radius 2 is 2.12 bits per heavy atom. The standard InChI is InChI=1S/C17H14BrFN4O/c1-10-20-17(23-22-10)11-3-2-4-14(8-11)21-16(24)9-12-7-13(18)5-6-15(12)19/h2-8H,9H2,1H3,(H,21,24)(H,20,22,23). The number of rotatable bonds is 4. The topological polar surface area (TPSA) is 70.7 Å². The smallest absolute Gasteiger partial charge is 0.228 e. The third kappa shape index (κ3) is 3.86. The second-order valence-corrected chi connectivity index (χ2v) is 6.20. The number of hydrogen-bond acceptors (Lipinski definition) is 3. The molecule has 24 heavy (non-hydrogen) atoms. The molecule has 3 rings (SSSR count). The van der Waals surface area contributed by atoms with Crippen LogP contribution >= 0.6 is 15.9 Å². The molecule has 1 heterocycles. The first-order valence-electron chi connectivity index (χ1n) is 7.24. The molecule has 0 aliphatic carbocycles. The molecule has 0 saturated heterocycles. The van der Waals surface area contributed by atoms with Crippen LogP contribution < -0.4 is 5.32 Å². The van der Waals surface area contributed by atoms with E-state index in [1.54, 1.807) is 30.3 Å². The van der Waals surface area contributed by atoms with E-state index in [1.807, 2.05) is 13.0 Å². The van der Waals surface area contributed by atoms with Crippen molar-refractivity contribution in [3.63, 3.8) is 0 Å². The SMILES string of the molecule is Cc1nc(-c2cccc(NC(=O)Cc3cc(Br)ccc3F)c2)n[nH]1. The van der Waals surface area contributed by atoms with Crippen LogP contribution in [0.5, 0.6) is 0 Å². The maximum Gasteiger partial charge on any atom is 0.228 e. The minimum atomic E-state index is -0.404. The molecule has 2 N–H and O–H groups in total. The van der Waals surface area contributed by atoms with Crippen molar-refractivity contribution in [2.24, 2.45) is 0 Å². The van der Waals surface area contributed by atoms with Gasteiger partial charge in [0.1, 0.15) is 11.6 Å². The lowest BCUT2D eigenvalue weighted by Crippen LogP contribution is -2.15. The lowest BCUT2D eigenvalue weighted by atomic mass is 10.1. The largest absolute Gasteiger partial charge is 0.326 e. The first kappa shape index (κ1) is 16.3. The van der Waals surface area contributed by atoms with Gasteiger partial charge in [-0.2, -0.15) is 5.10 Å². The number of nitrogens with one attached hydrogen (secondary N) is 2. The van der Waals surface area contributed by atoms with Crippen molar-refractivity contribution in [1.82, 2.24) is 15.2 Å². The number of nitrogens with zero attached hydrogens (tertiary/aromatic N) is 2. The van der Waals surface area contributed by atoms with E-state index < -0.39 is 5.82 Å². The van der Waals surface area contributed by atoms with Crippen LogP contribution in [0, 0.1) is 12.7 Å². The molecule has 0 saturated carbocycles. The predicted octanol–water partition coefficient (Wildman–Crippen LogP) is 3.86. The molecule has 3 aromatic rings. The van der Waals surface area contributed by atoms with Crippen LogP contribution in [0.1, 0.15) is 11.4 Å². The molecular formula is C17H14BrFN4O. The highest BCUT2D eigenvalue weighted by molar-refractivity contribution is 9.10. The molecule has 0 aliphatic heterocycles. The average Bonchev–Trinajstić information content (AvgIpc) is 2.98. The summed E-state index contributed by atoms with van der Waals surface area (Å²) < 4.78 is 14.5. The van der Waals surface area contributed by atoms with E-state index in [1.165, 1.54) is 6.07 Å². The fourth-order valence-electron chi connectivity index (χ4n) is 2.26. The van der Waals surface area contributed by atoms with E-state index in [0.29, 0.717) is 22.9 Å². The van der Waals surface area contributed by atoms with Crippen molar-refractivity contribution in [2.75, 3.05) is 5.32 Å². The van der Waals surface area contributed by atoms with Crippen LogP contribution in [-0.2, 0) is 11.2 Å². The zero-order valence-corrected chi connectivity index (χ0v) is 14.4. The van der Waals surface area contributed by atoms with Crippen LogP contribution in [0.2, 0.25) is 0 Å². The van der Waals surface area contributed by atoms with E-state index in [0.717, 1.165) is 10.0 Å². The van der Waals surface area contributed by atoms with E-state index >= 15 is 0 Å². The lowest BCUT2D eigenvalue weighted by Gasteiger charge is -2.07. The number of benzene rings is 2. The molecule has 1 aromatic heterocycles. The maximum absolute atomic E-state index is 13.7. The van der Waals surface area contributed by atoms with Gasteiger partial charge in [0.15, 0.2) is 5.82 Å². The van der Waals surface area contributed by atoms with Crippen molar-refractivity contribution < 1.29 is 9.18 Å². The van der Waals surface area contributed by atoms with Gasteiger partial charge < -0.3 is 5.32 Å². The number of anilines is 1. The number of aryl methyl sites for hydroxylation is 1. The maximum atomic E-state index is 13.7. The van der Waals surface area contributed by atoms with Gasteiger partial charge in [-0.25, -0.2) is 9.37 Å². The Balaban J connectivity index is 1.74. The second kappa shape index (κ2) is 6.92. The number of aromatic amines is 1. The molecule has 0 unspecified atom stereocenters. The summed E-state index contributed by atoms with van der Waals surface area (Å²) in [4.78, 5) is 16.4. The van der Waals surface area contributed by atoms with Crippen LogP contribution in [0.15, 0.2) is 46.9 Å². The summed E-state index contributed by atoms with van der Waals surface area (Å²) in [5.74, 6) is 0.569. The summed E-state index contributed by atoms with van der Waals surface area (Å²) in [7, 11) is 0. The monoisotopic (exact) mass is 388 g/mol. The highest BCUT2D eigenvalue weighted by Crippen LogP contribution is 2.20. The van der Waals surface area contributed by atoms with Gasteiger partial charge in [-0.15, -0.1) is 0 Å². The van der Waals surface area contributed by atoms with Gasteiger partial charge in [0.25, 0.3) is 0 Å². The predicted molar refractivity (Wildman–Crippen MR) is 93.0 cm³/mol. The Morgan fingerprint density at radius 3 is 2.88 bits per heavy atom. The van der Waals surface area contributed by atoms with Gasteiger partial charge in [-0.05, 0) is 42.8 Å². The number of amides is 1. The number of aromatic nitrogens is 3. The summed E-state index contributed by atoms with van der Waals surface area (Å²) in [6.45, 7) is 1.81. The minimum Gasteiger partial charge on any atom is -0.326 e. The summed E-state index contributed by atoms with van der Waals surface area (Å²) in [6.07, 6.45) is -0.0464. The molecule has 7 heteroatoms. The number of halogens is 2. The molecule has 2 aromatic carbocycles. The van der Waals surface area contributed by atoms with Gasteiger partial charge in [-0.3, -0.25) is 9.89 Å². The van der Waals surface area contributed by atoms with Crippen molar-refractivity contribution in [1.29, 1.82) is 0 Å². The molecule has 0 fully saturated rings. The van der Waals surface area contributed by atoms with Gasteiger partial charge >= 0.3 is 0 Å².